The summed E-state index contributed by atoms with van der Waals surface area (Å²) in [5, 5.41) is 6.63. The number of fused-ring (bicyclic) bond motifs is 1. The van der Waals surface area contributed by atoms with E-state index in [1.807, 2.05) is 47.2 Å². The molecule has 5 nitrogen and oxygen atoms in total. The van der Waals surface area contributed by atoms with Gasteiger partial charge in [-0.3, -0.25) is 4.79 Å². The first kappa shape index (κ1) is 19.8. The van der Waals surface area contributed by atoms with Crippen molar-refractivity contribution in [2.75, 3.05) is 16.9 Å². The fraction of sp³-hybridized carbons (Fsp3) is 0.391. The van der Waals surface area contributed by atoms with Crippen LogP contribution in [0.2, 0.25) is 0 Å². The van der Waals surface area contributed by atoms with Crippen LogP contribution in [0.3, 0.4) is 0 Å². The number of hydrogen-bond acceptors (Lipinski definition) is 4. The van der Waals surface area contributed by atoms with Crippen LogP contribution in [0.15, 0.2) is 48.5 Å². The molecule has 0 aliphatic heterocycles. The molecule has 4 rings (SSSR count). The van der Waals surface area contributed by atoms with Crippen molar-refractivity contribution < 1.29 is 4.79 Å². The molecule has 1 aliphatic carbocycles. The van der Waals surface area contributed by atoms with E-state index in [4.69, 9.17) is 0 Å². The van der Waals surface area contributed by atoms with Crippen LogP contribution in [-0.4, -0.2) is 27.8 Å². The van der Waals surface area contributed by atoms with Crippen molar-refractivity contribution in [3.8, 4) is 0 Å². The molecule has 29 heavy (non-hydrogen) atoms. The highest BCUT2D eigenvalue weighted by atomic mass is 32.2. The zero-order valence-corrected chi connectivity index (χ0v) is 17.7. The van der Waals surface area contributed by atoms with E-state index in [1.54, 1.807) is 11.8 Å². The lowest BCUT2D eigenvalue weighted by Gasteiger charge is -2.23. The summed E-state index contributed by atoms with van der Waals surface area (Å²) in [5.41, 5.74) is 3.87. The molecule has 0 radical (unpaired) electrons. The van der Waals surface area contributed by atoms with Crippen molar-refractivity contribution in [1.29, 1.82) is 0 Å². The van der Waals surface area contributed by atoms with E-state index >= 15 is 0 Å². The Kier molecular flexibility index (Phi) is 6.39. The number of nitrogens with zero attached hydrogens (tertiary/aromatic N) is 2. The lowest BCUT2D eigenvalue weighted by Crippen LogP contribution is -2.22. The lowest BCUT2D eigenvalue weighted by molar-refractivity contribution is -0.116. The Balaban J connectivity index is 1.41. The quantitative estimate of drug-likeness (QED) is 0.558. The summed E-state index contributed by atoms with van der Waals surface area (Å²) in [4.78, 5) is 17.4. The number of para-hydroxylation sites is 2. The van der Waals surface area contributed by atoms with Gasteiger partial charge in [-0.25, -0.2) is 4.98 Å². The highest BCUT2D eigenvalue weighted by Gasteiger charge is 2.14. The highest BCUT2D eigenvalue weighted by Crippen LogP contribution is 2.23. The van der Waals surface area contributed by atoms with Gasteiger partial charge in [-0.1, -0.05) is 31.4 Å². The fourth-order valence-electron chi connectivity index (χ4n) is 4.02. The fourth-order valence-corrected chi connectivity index (χ4v) is 4.50. The van der Waals surface area contributed by atoms with Gasteiger partial charge < -0.3 is 15.2 Å². The highest BCUT2D eigenvalue weighted by molar-refractivity contribution is 7.97. The van der Waals surface area contributed by atoms with Gasteiger partial charge in [0, 0.05) is 17.4 Å². The van der Waals surface area contributed by atoms with Crippen LogP contribution < -0.4 is 10.6 Å². The number of anilines is 2. The molecule has 1 aliphatic rings. The molecule has 0 saturated heterocycles. The largest absolute Gasteiger partial charge is 0.382 e. The van der Waals surface area contributed by atoms with Crippen molar-refractivity contribution in [3.05, 3.63) is 54.4 Å². The second kappa shape index (κ2) is 9.35. The van der Waals surface area contributed by atoms with E-state index in [0.29, 0.717) is 6.04 Å². The maximum atomic E-state index is 12.7. The van der Waals surface area contributed by atoms with Crippen LogP contribution in [-0.2, 0) is 17.1 Å². The number of hydrogen-bond donors (Lipinski definition) is 2. The number of benzene rings is 2. The molecule has 0 atom stereocenters. The number of thioether (sulfide) groups is 1. The topological polar surface area (TPSA) is 59.0 Å². The molecule has 152 valence electrons. The Hall–Kier alpha value is -2.47. The third-order valence-electron chi connectivity index (χ3n) is 5.45. The second-order valence-corrected chi connectivity index (χ2v) is 8.51. The van der Waals surface area contributed by atoms with Gasteiger partial charge >= 0.3 is 0 Å². The Morgan fingerprint density at radius 1 is 1.07 bits per heavy atom. The maximum absolute atomic E-state index is 12.7. The third-order valence-corrected chi connectivity index (χ3v) is 6.00. The van der Waals surface area contributed by atoms with E-state index in [2.05, 4.69) is 27.8 Å². The summed E-state index contributed by atoms with van der Waals surface area (Å²) in [5.74, 6) is 1.67. The van der Waals surface area contributed by atoms with Gasteiger partial charge in [0.05, 0.1) is 16.8 Å². The first-order valence-corrected chi connectivity index (χ1v) is 11.7. The molecule has 1 amide bonds. The molecule has 1 fully saturated rings. The third kappa shape index (κ3) is 4.93. The predicted octanol–water partition coefficient (Wildman–Crippen LogP) is 5.28. The average Bonchev–Trinajstić information content (AvgIpc) is 3.08. The molecule has 1 heterocycles. The van der Waals surface area contributed by atoms with Crippen molar-refractivity contribution in [2.45, 2.75) is 50.4 Å². The average molecular weight is 409 g/mol. The number of nitrogens with one attached hydrogen (secondary N) is 2. The van der Waals surface area contributed by atoms with Gasteiger partial charge in [-0.05, 0) is 55.5 Å². The standard InChI is InChI=1S/C23H28N4OS/c1-29-16-22-26-20-9-5-6-10-21(20)27(22)15-23(28)25-19-13-11-18(12-14-19)24-17-7-3-2-4-8-17/h5-6,9-14,17,24H,2-4,7-8,15-16H2,1H3,(H,25,28). The molecule has 0 unspecified atom stereocenters. The smallest absolute Gasteiger partial charge is 0.244 e. The van der Waals surface area contributed by atoms with Gasteiger partial charge in [-0.15, -0.1) is 0 Å². The number of carbonyl (C=O) groups is 1. The predicted molar refractivity (Wildman–Crippen MR) is 123 cm³/mol. The van der Waals surface area contributed by atoms with Crippen LogP contribution in [0, 0.1) is 0 Å². The summed E-state index contributed by atoms with van der Waals surface area (Å²) in [6.45, 7) is 0.262. The van der Waals surface area contributed by atoms with Gasteiger partial charge in [0.25, 0.3) is 0 Å². The molecule has 6 heteroatoms. The monoisotopic (exact) mass is 408 g/mol. The van der Waals surface area contributed by atoms with Crippen molar-refractivity contribution in [1.82, 2.24) is 9.55 Å². The Morgan fingerprint density at radius 3 is 2.55 bits per heavy atom. The summed E-state index contributed by atoms with van der Waals surface area (Å²) in [6.07, 6.45) is 8.52. The normalized spacial score (nSPS) is 14.8. The van der Waals surface area contributed by atoms with Crippen LogP contribution in [0.4, 0.5) is 11.4 Å². The molecule has 2 N–H and O–H groups in total. The minimum Gasteiger partial charge on any atom is -0.382 e. The Bertz CT molecular complexity index is 961. The van der Waals surface area contributed by atoms with E-state index in [-0.39, 0.29) is 12.5 Å². The van der Waals surface area contributed by atoms with E-state index < -0.39 is 0 Å². The van der Waals surface area contributed by atoms with Crippen LogP contribution in [0.5, 0.6) is 0 Å². The minimum absolute atomic E-state index is 0.0384. The van der Waals surface area contributed by atoms with E-state index in [0.717, 1.165) is 34.0 Å². The first-order chi connectivity index (χ1) is 14.2. The van der Waals surface area contributed by atoms with E-state index in [1.165, 1.54) is 32.1 Å². The van der Waals surface area contributed by atoms with Gasteiger partial charge in [0.15, 0.2) is 0 Å². The Labute approximate surface area is 176 Å². The first-order valence-electron chi connectivity index (χ1n) is 10.3. The second-order valence-electron chi connectivity index (χ2n) is 7.64. The zero-order chi connectivity index (χ0) is 20.1. The van der Waals surface area contributed by atoms with Crippen molar-refractivity contribution in [2.24, 2.45) is 0 Å². The summed E-state index contributed by atoms with van der Waals surface area (Å²) < 4.78 is 2.01. The molecule has 2 aromatic carbocycles. The lowest BCUT2D eigenvalue weighted by atomic mass is 9.95. The molecular formula is C23H28N4OS. The SMILES string of the molecule is CSCc1nc2ccccc2n1CC(=O)Nc1ccc(NC2CCCCC2)cc1. The summed E-state index contributed by atoms with van der Waals surface area (Å²) in [6, 6.07) is 16.6. The van der Waals surface area contributed by atoms with Crippen LogP contribution in [0.1, 0.15) is 37.9 Å². The van der Waals surface area contributed by atoms with Crippen molar-refractivity contribution in [3.63, 3.8) is 0 Å². The number of rotatable bonds is 7. The number of carbonyl (C=O) groups excluding carboxylic acids is 1. The van der Waals surface area contributed by atoms with Crippen LogP contribution in [0.25, 0.3) is 11.0 Å². The maximum Gasteiger partial charge on any atom is 0.244 e. The van der Waals surface area contributed by atoms with Gasteiger partial charge in [0.2, 0.25) is 5.91 Å². The molecule has 3 aromatic rings. The Morgan fingerprint density at radius 2 is 1.79 bits per heavy atom. The number of imidazole rings is 1. The number of amides is 1. The zero-order valence-electron chi connectivity index (χ0n) is 16.9. The molecular weight excluding hydrogens is 380 g/mol. The molecule has 1 aromatic heterocycles. The minimum atomic E-state index is -0.0384. The molecule has 0 bridgehead atoms. The van der Waals surface area contributed by atoms with Gasteiger partial charge in [0.1, 0.15) is 12.4 Å². The summed E-state index contributed by atoms with van der Waals surface area (Å²) in [7, 11) is 0. The number of aromatic nitrogens is 2. The molecule has 0 spiro atoms. The van der Waals surface area contributed by atoms with Crippen molar-refractivity contribution >= 4 is 40.1 Å². The molecule has 1 saturated carbocycles. The van der Waals surface area contributed by atoms with Gasteiger partial charge in [-0.2, -0.15) is 11.8 Å². The van der Waals surface area contributed by atoms with E-state index in [9.17, 15) is 4.79 Å². The van der Waals surface area contributed by atoms with Crippen LogP contribution >= 0.6 is 11.8 Å². The summed E-state index contributed by atoms with van der Waals surface area (Å²) >= 11 is 1.71.